The highest BCUT2D eigenvalue weighted by Crippen LogP contribution is 2.15. The van der Waals surface area contributed by atoms with E-state index in [-0.39, 0.29) is 31.1 Å². The van der Waals surface area contributed by atoms with Gasteiger partial charge in [-0.3, -0.25) is 14.4 Å². The molecule has 338 valence electrons. The fourth-order valence-electron chi connectivity index (χ4n) is 6.68. The Morgan fingerprint density at radius 1 is 0.356 bits per heavy atom. The number of unbranched alkanes of at least 4 members (excludes halogenated alkanes) is 24. The van der Waals surface area contributed by atoms with E-state index in [1.807, 2.05) is 0 Å². The van der Waals surface area contributed by atoms with Crippen molar-refractivity contribution in [2.24, 2.45) is 0 Å². The second-order valence-corrected chi connectivity index (χ2v) is 16.1. The van der Waals surface area contributed by atoms with Crippen molar-refractivity contribution in [1.82, 2.24) is 0 Å². The standard InChI is InChI=1S/C53H90O6/c1-4-7-10-13-16-19-22-25-26-29-31-34-37-40-43-46-52(55)58-49-50(59-53(56)47-44-41-38-35-32-28-24-21-18-15-12-9-6-3)48-57-51(54)45-42-39-36-33-30-27-23-20-17-14-11-8-5-2/h7,9-10,12-13,15-16,18-19,21-22,24,50H,4-6,8,11,14,17,20,23,25-49H2,1-3H3/b10-7-,12-9-,16-13-,18-15-,22-19-,24-21-. The summed E-state index contributed by atoms with van der Waals surface area (Å²) in [6.07, 6.45) is 58.8. The van der Waals surface area contributed by atoms with E-state index in [4.69, 9.17) is 14.2 Å². The first-order valence-electron chi connectivity index (χ1n) is 24.5. The van der Waals surface area contributed by atoms with Gasteiger partial charge in [0.05, 0.1) is 0 Å². The van der Waals surface area contributed by atoms with Crippen LogP contribution >= 0.6 is 0 Å². The van der Waals surface area contributed by atoms with Crippen LogP contribution in [0.5, 0.6) is 0 Å². The summed E-state index contributed by atoms with van der Waals surface area (Å²) < 4.78 is 16.7. The predicted octanol–water partition coefficient (Wildman–Crippen LogP) is 15.9. The Labute approximate surface area is 363 Å². The Morgan fingerprint density at radius 3 is 1.02 bits per heavy atom. The molecule has 0 aromatic heterocycles. The third-order valence-electron chi connectivity index (χ3n) is 10.3. The molecule has 0 saturated heterocycles. The van der Waals surface area contributed by atoms with Gasteiger partial charge in [-0.05, 0) is 57.8 Å². The Morgan fingerprint density at radius 2 is 0.661 bits per heavy atom. The van der Waals surface area contributed by atoms with Crippen molar-refractivity contribution in [2.45, 2.75) is 232 Å². The summed E-state index contributed by atoms with van der Waals surface area (Å²) in [5, 5.41) is 0. The molecule has 0 radical (unpaired) electrons. The van der Waals surface area contributed by atoms with Crippen LogP contribution in [0.4, 0.5) is 0 Å². The van der Waals surface area contributed by atoms with Crippen LogP contribution in [0.1, 0.15) is 226 Å². The van der Waals surface area contributed by atoms with Crippen LogP contribution < -0.4 is 0 Å². The monoisotopic (exact) mass is 823 g/mol. The minimum absolute atomic E-state index is 0.0866. The van der Waals surface area contributed by atoms with E-state index in [0.29, 0.717) is 19.3 Å². The first kappa shape index (κ1) is 55.9. The Bertz CT molecular complexity index is 1130. The van der Waals surface area contributed by atoms with Crippen LogP contribution in [0.2, 0.25) is 0 Å². The maximum absolute atomic E-state index is 12.8. The molecule has 0 aliphatic rings. The number of esters is 3. The molecule has 0 aliphatic carbocycles. The average molecular weight is 823 g/mol. The highest BCUT2D eigenvalue weighted by atomic mass is 16.6. The first-order valence-corrected chi connectivity index (χ1v) is 24.5. The van der Waals surface area contributed by atoms with Crippen molar-refractivity contribution in [3.05, 3.63) is 72.9 Å². The summed E-state index contributed by atoms with van der Waals surface area (Å²) in [6, 6.07) is 0. The van der Waals surface area contributed by atoms with Crippen LogP contribution in [0, 0.1) is 0 Å². The van der Waals surface area contributed by atoms with Gasteiger partial charge in [0.1, 0.15) is 13.2 Å². The van der Waals surface area contributed by atoms with Gasteiger partial charge < -0.3 is 14.2 Å². The third kappa shape index (κ3) is 45.8. The molecule has 6 nitrogen and oxygen atoms in total. The van der Waals surface area contributed by atoms with E-state index in [1.165, 1.54) is 89.9 Å². The third-order valence-corrected chi connectivity index (χ3v) is 10.3. The lowest BCUT2D eigenvalue weighted by Crippen LogP contribution is -2.30. The van der Waals surface area contributed by atoms with E-state index in [0.717, 1.165) is 96.3 Å². The molecule has 0 heterocycles. The smallest absolute Gasteiger partial charge is 0.306 e. The lowest BCUT2D eigenvalue weighted by Gasteiger charge is -2.18. The van der Waals surface area contributed by atoms with Gasteiger partial charge in [-0.25, -0.2) is 0 Å². The van der Waals surface area contributed by atoms with E-state index in [2.05, 4.69) is 93.7 Å². The quantitative estimate of drug-likeness (QED) is 0.0264. The second kappa shape index (κ2) is 47.5. The lowest BCUT2D eigenvalue weighted by molar-refractivity contribution is -0.167. The fourth-order valence-corrected chi connectivity index (χ4v) is 6.68. The minimum Gasteiger partial charge on any atom is -0.462 e. The first-order chi connectivity index (χ1) is 29.0. The molecule has 59 heavy (non-hydrogen) atoms. The van der Waals surface area contributed by atoms with Crippen molar-refractivity contribution >= 4 is 17.9 Å². The van der Waals surface area contributed by atoms with Gasteiger partial charge in [0.25, 0.3) is 0 Å². The molecular weight excluding hydrogens is 733 g/mol. The van der Waals surface area contributed by atoms with Gasteiger partial charge in [0.2, 0.25) is 0 Å². The molecule has 0 amide bonds. The van der Waals surface area contributed by atoms with Crippen molar-refractivity contribution < 1.29 is 28.6 Å². The summed E-state index contributed by atoms with van der Waals surface area (Å²) in [5.41, 5.74) is 0. The highest BCUT2D eigenvalue weighted by molar-refractivity contribution is 5.71. The second-order valence-electron chi connectivity index (χ2n) is 16.1. The Balaban J connectivity index is 4.42. The molecule has 0 spiro atoms. The van der Waals surface area contributed by atoms with Gasteiger partial charge in [-0.15, -0.1) is 0 Å². The zero-order valence-electron chi connectivity index (χ0n) is 38.5. The number of ether oxygens (including phenoxy) is 3. The zero-order chi connectivity index (χ0) is 43.0. The largest absolute Gasteiger partial charge is 0.462 e. The fraction of sp³-hybridized carbons (Fsp3) is 0.717. The Hall–Kier alpha value is -3.15. The SMILES string of the molecule is CC\C=C/C=C\C=C/CCCCCCCCCC(=O)OCC(COC(=O)CCCCCCCCCCCCCCC)OC(=O)CCCCCCC\C=C/C=C\C=C/CC. The summed E-state index contributed by atoms with van der Waals surface area (Å²) in [5.74, 6) is -0.920. The van der Waals surface area contributed by atoms with E-state index < -0.39 is 6.10 Å². The molecule has 0 rings (SSSR count). The van der Waals surface area contributed by atoms with Crippen LogP contribution in [-0.2, 0) is 28.6 Å². The van der Waals surface area contributed by atoms with Crippen LogP contribution in [0.15, 0.2) is 72.9 Å². The predicted molar refractivity (Wildman–Crippen MR) is 251 cm³/mol. The average Bonchev–Trinajstić information content (AvgIpc) is 3.23. The minimum atomic E-state index is -0.788. The number of rotatable bonds is 43. The topological polar surface area (TPSA) is 78.9 Å². The number of allylic oxidation sites excluding steroid dienone is 12. The van der Waals surface area contributed by atoms with Gasteiger partial charge >= 0.3 is 17.9 Å². The molecule has 0 saturated carbocycles. The molecule has 1 unspecified atom stereocenters. The Kier molecular flexibility index (Phi) is 45.0. The molecule has 0 aromatic carbocycles. The molecule has 0 bridgehead atoms. The van der Waals surface area contributed by atoms with Crippen molar-refractivity contribution in [1.29, 1.82) is 0 Å². The van der Waals surface area contributed by atoms with Crippen molar-refractivity contribution in [3.63, 3.8) is 0 Å². The molecule has 0 fully saturated rings. The molecule has 1 atom stereocenters. The lowest BCUT2D eigenvalue weighted by atomic mass is 10.0. The highest BCUT2D eigenvalue weighted by Gasteiger charge is 2.19. The van der Waals surface area contributed by atoms with Gasteiger partial charge in [0.15, 0.2) is 6.10 Å². The number of hydrogen-bond donors (Lipinski definition) is 0. The summed E-state index contributed by atoms with van der Waals surface area (Å²) in [4.78, 5) is 37.9. The number of carbonyl (C=O) groups excluding carboxylic acids is 3. The van der Waals surface area contributed by atoms with Gasteiger partial charge in [0, 0.05) is 19.3 Å². The molecule has 0 aromatic rings. The summed E-state index contributed by atoms with van der Waals surface area (Å²) in [6.45, 7) is 6.34. The molecule has 0 aliphatic heterocycles. The van der Waals surface area contributed by atoms with Crippen molar-refractivity contribution in [3.8, 4) is 0 Å². The summed E-state index contributed by atoms with van der Waals surface area (Å²) in [7, 11) is 0. The maximum Gasteiger partial charge on any atom is 0.306 e. The van der Waals surface area contributed by atoms with E-state index in [9.17, 15) is 14.4 Å². The van der Waals surface area contributed by atoms with Crippen molar-refractivity contribution in [2.75, 3.05) is 13.2 Å². The zero-order valence-corrected chi connectivity index (χ0v) is 38.5. The normalized spacial score (nSPS) is 12.7. The molecule has 0 N–H and O–H groups in total. The summed E-state index contributed by atoms with van der Waals surface area (Å²) >= 11 is 0. The van der Waals surface area contributed by atoms with E-state index in [1.54, 1.807) is 0 Å². The van der Waals surface area contributed by atoms with Gasteiger partial charge in [-0.2, -0.15) is 0 Å². The van der Waals surface area contributed by atoms with Gasteiger partial charge in [-0.1, -0.05) is 222 Å². The van der Waals surface area contributed by atoms with E-state index >= 15 is 0 Å². The maximum atomic E-state index is 12.8. The number of carbonyl (C=O) groups is 3. The molecular formula is C53H90O6. The van der Waals surface area contributed by atoms with Crippen LogP contribution in [-0.4, -0.2) is 37.2 Å². The van der Waals surface area contributed by atoms with Crippen LogP contribution in [0.25, 0.3) is 0 Å². The molecule has 6 heteroatoms. The van der Waals surface area contributed by atoms with Crippen LogP contribution in [0.3, 0.4) is 0 Å². The number of hydrogen-bond acceptors (Lipinski definition) is 6.